The summed E-state index contributed by atoms with van der Waals surface area (Å²) in [6.07, 6.45) is 2.31. The lowest BCUT2D eigenvalue weighted by Gasteiger charge is -2.20. The molecule has 0 fully saturated rings. The molecule has 2 rings (SSSR count). The largest absolute Gasteiger partial charge is 0.496 e. The summed E-state index contributed by atoms with van der Waals surface area (Å²) in [5.74, 6) is 1.75. The number of likely N-dealkylation sites (N-methyl/N-ethyl adjacent to an activating group) is 1. The molecule has 1 heterocycles. The molecule has 0 spiro atoms. The van der Waals surface area contributed by atoms with Crippen molar-refractivity contribution in [3.8, 4) is 5.75 Å². The van der Waals surface area contributed by atoms with E-state index in [2.05, 4.69) is 29.2 Å². The minimum atomic E-state index is 0.0559. The van der Waals surface area contributed by atoms with E-state index in [0.717, 1.165) is 17.1 Å². The molecule has 0 aliphatic rings. The average Bonchev–Trinajstić information content (AvgIpc) is 2.93. The smallest absolute Gasteiger partial charge is 0.138 e. The van der Waals surface area contributed by atoms with Gasteiger partial charge in [0.2, 0.25) is 0 Å². The highest BCUT2D eigenvalue weighted by Gasteiger charge is 2.19. The van der Waals surface area contributed by atoms with Gasteiger partial charge in [-0.3, -0.25) is 0 Å². The second-order valence-electron chi connectivity index (χ2n) is 5.15. The molecule has 6 heteroatoms. The SMILES string of the molecule is CNC(Cc1ncnn1C(C)C)c1cc(Cl)ccc1OC. The van der Waals surface area contributed by atoms with Gasteiger partial charge < -0.3 is 10.1 Å². The fourth-order valence-corrected chi connectivity index (χ4v) is 2.56. The Morgan fingerprint density at radius 3 is 2.76 bits per heavy atom. The number of nitrogens with zero attached hydrogens (tertiary/aromatic N) is 3. The summed E-state index contributed by atoms with van der Waals surface area (Å²) in [6.45, 7) is 4.18. The molecule has 114 valence electrons. The van der Waals surface area contributed by atoms with Crippen LogP contribution in [0.5, 0.6) is 5.75 Å². The van der Waals surface area contributed by atoms with Gasteiger partial charge in [0.15, 0.2) is 0 Å². The number of hydrogen-bond donors (Lipinski definition) is 1. The zero-order valence-electron chi connectivity index (χ0n) is 12.8. The van der Waals surface area contributed by atoms with E-state index in [9.17, 15) is 0 Å². The van der Waals surface area contributed by atoms with Gasteiger partial charge in [-0.05, 0) is 39.1 Å². The maximum absolute atomic E-state index is 6.12. The standard InChI is InChI=1S/C15H21ClN4O/c1-10(2)20-15(18-9-19-20)8-13(17-3)12-7-11(16)5-6-14(12)21-4/h5-7,9-10,13,17H,8H2,1-4H3. The van der Waals surface area contributed by atoms with Crippen LogP contribution in [0.3, 0.4) is 0 Å². The van der Waals surface area contributed by atoms with E-state index in [0.29, 0.717) is 11.4 Å². The maximum atomic E-state index is 6.12. The van der Waals surface area contributed by atoms with E-state index in [1.165, 1.54) is 0 Å². The number of nitrogens with one attached hydrogen (secondary N) is 1. The molecular weight excluding hydrogens is 288 g/mol. The minimum absolute atomic E-state index is 0.0559. The highest BCUT2D eigenvalue weighted by molar-refractivity contribution is 6.30. The predicted molar refractivity (Wildman–Crippen MR) is 83.9 cm³/mol. The molecule has 0 bridgehead atoms. The third kappa shape index (κ3) is 3.54. The monoisotopic (exact) mass is 308 g/mol. The Morgan fingerprint density at radius 2 is 2.14 bits per heavy atom. The number of hydrogen-bond acceptors (Lipinski definition) is 4. The lowest BCUT2D eigenvalue weighted by Crippen LogP contribution is -2.22. The summed E-state index contributed by atoms with van der Waals surface area (Å²) < 4.78 is 7.37. The van der Waals surface area contributed by atoms with Crippen LogP contribution in [0.1, 0.15) is 37.3 Å². The van der Waals surface area contributed by atoms with E-state index < -0.39 is 0 Å². The van der Waals surface area contributed by atoms with Crippen LogP contribution in [0.15, 0.2) is 24.5 Å². The topological polar surface area (TPSA) is 52.0 Å². The predicted octanol–water partition coefficient (Wildman–Crippen LogP) is 3.02. The third-order valence-corrected chi connectivity index (χ3v) is 3.67. The average molecular weight is 309 g/mol. The van der Waals surface area contributed by atoms with E-state index in [1.54, 1.807) is 13.4 Å². The van der Waals surface area contributed by atoms with Gasteiger partial charge in [-0.25, -0.2) is 9.67 Å². The van der Waals surface area contributed by atoms with Crippen LogP contribution in [-0.2, 0) is 6.42 Å². The number of benzene rings is 1. The lowest BCUT2D eigenvalue weighted by molar-refractivity contribution is 0.398. The number of aromatic nitrogens is 3. The first-order chi connectivity index (χ1) is 10.1. The van der Waals surface area contributed by atoms with Gasteiger partial charge in [0.25, 0.3) is 0 Å². The zero-order chi connectivity index (χ0) is 15.4. The van der Waals surface area contributed by atoms with Crippen LogP contribution < -0.4 is 10.1 Å². The first-order valence-corrected chi connectivity index (χ1v) is 7.33. The van der Waals surface area contributed by atoms with Crippen LogP contribution in [0.2, 0.25) is 5.02 Å². The van der Waals surface area contributed by atoms with E-state index in [-0.39, 0.29) is 12.1 Å². The van der Waals surface area contributed by atoms with Crippen molar-refractivity contribution in [3.05, 3.63) is 40.9 Å². The van der Waals surface area contributed by atoms with Crippen molar-refractivity contribution in [1.29, 1.82) is 0 Å². The lowest BCUT2D eigenvalue weighted by atomic mass is 10.0. The molecule has 1 unspecified atom stereocenters. The molecule has 5 nitrogen and oxygen atoms in total. The normalized spacial score (nSPS) is 12.7. The quantitative estimate of drug-likeness (QED) is 0.891. The van der Waals surface area contributed by atoms with Crippen molar-refractivity contribution in [3.63, 3.8) is 0 Å². The first-order valence-electron chi connectivity index (χ1n) is 6.96. The molecule has 1 atom stereocenters. The van der Waals surface area contributed by atoms with Gasteiger partial charge in [-0.1, -0.05) is 11.6 Å². The Morgan fingerprint density at radius 1 is 1.38 bits per heavy atom. The maximum Gasteiger partial charge on any atom is 0.138 e. The fourth-order valence-electron chi connectivity index (χ4n) is 2.38. The minimum Gasteiger partial charge on any atom is -0.496 e. The summed E-state index contributed by atoms with van der Waals surface area (Å²) in [4.78, 5) is 4.37. The van der Waals surface area contributed by atoms with Gasteiger partial charge in [-0.15, -0.1) is 0 Å². The van der Waals surface area contributed by atoms with Gasteiger partial charge >= 0.3 is 0 Å². The van der Waals surface area contributed by atoms with Crippen molar-refractivity contribution in [2.45, 2.75) is 32.4 Å². The van der Waals surface area contributed by atoms with E-state index >= 15 is 0 Å². The Bertz CT molecular complexity index is 597. The molecule has 0 amide bonds. The first kappa shape index (κ1) is 15.8. The molecule has 0 aliphatic heterocycles. The number of halogens is 1. The summed E-state index contributed by atoms with van der Waals surface area (Å²) >= 11 is 6.12. The van der Waals surface area contributed by atoms with Gasteiger partial charge in [0.05, 0.1) is 7.11 Å². The molecule has 0 saturated carbocycles. The van der Waals surface area contributed by atoms with E-state index in [1.807, 2.05) is 29.9 Å². The molecular formula is C15H21ClN4O. The summed E-state index contributed by atoms with van der Waals surface area (Å²) in [6, 6.07) is 5.97. The molecule has 0 saturated heterocycles. The second-order valence-corrected chi connectivity index (χ2v) is 5.58. The van der Waals surface area contributed by atoms with Crippen LogP contribution >= 0.6 is 11.6 Å². The Balaban J connectivity index is 2.32. The summed E-state index contributed by atoms with van der Waals surface area (Å²) in [5.41, 5.74) is 1.02. The van der Waals surface area contributed by atoms with Crippen molar-refractivity contribution < 1.29 is 4.74 Å². The Labute approximate surface area is 130 Å². The Kier molecular flexibility index (Phi) is 5.20. The van der Waals surface area contributed by atoms with Crippen molar-refractivity contribution in [2.24, 2.45) is 0 Å². The molecule has 1 aromatic carbocycles. The van der Waals surface area contributed by atoms with Crippen molar-refractivity contribution in [2.75, 3.05) is 14.2 Å². The molecule has 21 heavy (non-hydrogen) atoms. The zero-order valence-corrected chi connectivity index (χ0v) is 13.6. The van der Waals surface area contributed by atoms with Crippen LogP contribution in [0.4, 0.5) is 0 Å². The van der Waals surface area contributed by atoms with Crippen molar-refractivity contribution >= 4 is 11.6 Å². The highest BCUT2D eigenvalue weighted by Crippen LogP contribution is 2.30. The van der Waals surface area contributed by atoms with Crippen LogP contribution in [0.25, 0.3) is 0 Å². The highest BCUT2D eigenvalue weighted by atomic mass is 35.5. The molecule has 1 aromatic heterocycles. The van der Waals surface area contributed by atoms with Crippen LogP contribution in [-0.4, -0.2) is 28.9 Å². The van der Waals surface area contributed by atoms with Gasteiger partial charge in [0.1, 0.15) is 17.9 Å². The summed E-state index contributed by atoms with van der Waals surface area (Å²) in [7, 11) is 3.58. The Hall–Kier alpha value is -1.59. The molecule has 1 N–H and O–H groups in total. The number of rotatable bonds is 6. The van der Waals surface area contributed by atoms with Crippen molar-refractivity contribution in [1.82, 2.24) is 20.1 Å². The molecule has 2 aromatic rings. The van der Waals surface area contributed by atoms with Gasteiger partial charge in [-0.2, -0.15) is 5.10 Å². The molecule has 0 radical (unpaired) electrons. The summed E-state index contributed by atoms with van der Waals surface area (Å²) in [5, 5.41) is 8.27. The third-order valence-electron chi connectivity index (χ3n) is 3.44. The fraction of sp³-hybridized carbons (Fsp3) is 0.467. The van der Waals surface area contributed by atoms with E-state index in [4.69, 9.17) is 16.3 Å². The molecule has 0 aliphatic carbocycles. The van der Waals surface area contributed by atoms with Crippen LogP contribution in [0, 0.1) is 0 Å². The number of ether oxygens (including phenoxy) is 1. The number of methoxy groups -OCH3 is 1. The second kappa shape index (κ2) is 6.91. The van der Waals surface area contributed by atoms with Gasteiger partial charge in [0, 0.05) is 29.1 Å².